The molecule has 0 radical (unpaired) electrons. The van der Waals surface area contributed by atoms with E-state index in [0.29, 0.717) is 6.61 Å². The van der Waals surface area contributed by atoms with Crippen molar-refractivity contribution in [1.82, 2.24) is 4.98 Å². The van der Waals surface area contributed by atoms with Gasteiger partial charge in [-0.05, 0) is 24.6 Å². The molecule has 0 aliphatic heterocycles. The van der Waals surface area contributed by atoms with Gasteiger partial charge >= 0.3 is 0 Å². The summed E-state index contributed by atoms with van der Waals surface area (Å²) >= 11 is 0. The molecule has 2 aromatic carbocycles. The Kier molecular flexibility index (Phi) is 3.23. The Balaban J connectivity index is 0.00000147. The first-order chi connectivity index (χ1) is 9.34. The van der Waals surface area contributed by atoms with Crippen LogP contribution >= 0.6 is 0 Å². The Morgan fingerprint density at radius 1 is 1.00 bits per heavy atom. The lowest BCUT2D eigenvalue weighted by Crippen LogP contribution is -2.01. The molecular weight excluding hydrogens is 234 g/mol. The minimum Gasteiger partial charge on any atom is -0.491 e. The topological polar surface area (TPSA) is 25.0 Å². The summed E-state index contributed by atoms with van der Waals surface area (Å²) in [7, 11) is 0. The third kappa shape index (κ3) is 2.48. The molecule has 3 aromatic rings. The van der Waals surface area contributed by atoms with Crippen molar-refractivity contribution in [3.8, 4) is 5.75 Å². The molecule has 0 saturated carbocycles. The van der Waals surface area contributed by atoms with Gasteiger partial charge in [-0.2, -0.15) is 0 Å². The first-order valence-electron chi connectivity index (χ1n) is 6.58. The highest BCUT2D eigenvalue weighted by Crippen LogP contribution is 2.29. The molecule has 0 aliphatic carbocycles. The second kappa shape index (κ2) is 5.19. The Hall–Kier alpha value is -2.22. The highest BCUT2D eigenvalue weighted by atomic mass is 16.5. The molecular formula is C17H19NO. The van der Waals surface area contributed by atoms with Gasteiger partial charge in [0.25, 0.3) is 0 Å². The third-order valence-corrected chi connectivity index (χ3v) is 3.31. The van der Waals surface area contributed by atoms with Crippen molar-refractivity contribution in [2.75, 3.05) is 6.61 Å². The third-order valence-electron chi connectivity index (χ3n) is 3.31. The Morgan fingerprint density at radius 2 is 1.74 bits per heavy atom. The SMILES string of the molecule is Cc1[nH]c2ccccc2c1OCCc1ccccc1.[HH]. The van der Waals surface area contributed by atoms with Gasteiger partial charge in [0.2, 0.25) is 0 Å². The standard InChI is InChI=1S/C17H17NO.H2/c1-13-17(15-9-5-6-10-16(15)18-13)19-12-11-14-7-3-2-4-8-14;/h2-10,18H,11-12H2,1H3;1H. The number of hydrogen-bond donors (Lipinski definition) is 1. The number of benzene rings is 2. The number of aromatic nitrogens is 1. The van der Waals surface area contributed by atoms with Crippen LogP contribution in [0.25, 0.3) is 10.9 Å². The molecule has 0 bridgehead atoms. The minimum atomic E-state index is 0. The number of hydrogen-bond acceptors (Lipinski definition) is 1. The van der Waals surface area contributed by atoms with E-state index in [1.54, 1.807) is 0 Å². The predicted molar refractivity (Wildman–Crippen MR) is 80.8 cm³/mol. The molecule has 19 heavy (non-hydrogen) atoms. The van der Waals surface area contributed by atoms with Crippen LogP contribution in [0.1, 0.15) is 12.7 Å². The van der Waals surface area contributed by atoms with E-state index < -0.39 is 0 Å². The van der Waals surface area contributed by atoms with Crippen LogP contribution in [0, 0.1) is 6.92 Å². The summed E-state index contributed by atoms with van der Waals surface area (Å²) < 4.78 is 5.96. The van der Waals surface area contributed by atoms with Crippen LogP contribution in [0.15, 0.2) is 54.6 Å². The zero-order valence-corrected chi connectivity index (χ0v) is 11.0. The summed E-state index contributed by atoms with van der Waals surface area (Å²) in [6.07, 6.45) is 0.930. The molecule has 0 unspecified atom stereocenters. The molecule has 3 rings (SSSR count). The van der Waals surface area contributed by atoms with Crippen molar-refractivity contribution in [2.24, 2.45) is 0 Å². The van der Waals surface area contributed by atoms with E-state index >= 15 is 0 Å². The molecule has 0 atom stereocenters. The first-order valence-corrected chi connectivity index (χ1v) is 6.58. The number of aryl methyl sites for hydroxylation is 1. The number of rotatable bonds is 4. The fourth-order valence-electron chi connectivity index (χ4n) is 2.35. The van der Waals surface area contributed by atoms with Crippen molar-refractivity contribution in [2.45, 2.75) is 13.3 Å². The van der Waals surface area contributed by atoms with Crippen molar-refractivity contribution >= 4 is 10.9 Å². The lowest BCUT2D eigenvalue weighted by molar-refractivity contribution is 0.323. The highest BCUT2D eigenvalue weighted by molar-refractivity contribution is 5.87. The fraction of sp³-hybridized carbons (Fsp3) is 0.176. The summed E-state index contributed by atoms with van der Waals surface area (Å²) in [5.74, 6) is 0.978. The van der Waals surface area contributed by atoms with Crippen molar-refractivity contribution in [3.63, 3.8) is 0 Å². The van der Waals surface area contributed by atoms with Gasteiger partial charge in [0, 0.05) is 18.8 Å². The second-order valence-electron chi connectivity index (χ2n) is 4.71. The Labute approximate surface area is 114 Å². The summed E-state index contributed by atoms with van der Waals surface area (Å²) in [5.41, 5.74) is 3.53. The number of ether oxygens (including phenoxy) is 1. The number of aromatic amines is 1. The molecule has 0 fully saturated rings. The largest absolute Gasteiger partial charge is 0.491 e. The number of H-pyrrole nitrogens is 1. The van der Waals surface area contributed by atoms with Gasteiger partial charge in [0.15, 0.2) is 0 Å². The van der Waals surface area contributed by atoms with Gasteiger partial charge < -0.3 is 9.72 Å². The fourth-order valence-corrected chi connectivity index (χ4v) is 2.35. The van der Waals surface area contributed by atoms with Crippen LogP contribution < -0.4 is 4.74 Å². The van der Waals surface area contributed by atoms with Crippen LogP contribution in [0.4, 0.5) is 0 Å². The Bertz CT molecular complexity index is 676. The van der Waals surface area contributed by atoms with Gasteiger partial charge in [-0.15, -0.1) is 0 Å². The monoisotopic (exact) mass is 253 g/mol. The molecule has 2 nitrogen and oxygen atoms in total. The van der Waals surface area contributed by atoms with E-state index in [1.165, 1.54) is 5.56 Å². The molecule has 0 amide bonds. The van der Waals surface area contributed by atoms with Crippen LogP contribution in [0.3, 0.4) is 0 Å². The normalized spacial score (nSPS) is 10.8. The molecule has 0 saturated heterocycles. The zero-order valence-electron chi connectivity index (χ0n) is 11.0. The molecule has 98 valence electrons. The van der Waals surface area contributed by atoms with Gasteiger partial charge in [0.05, 0.1) is 12.3 Å². The molecule has 0 spiro atoms. The minimum absolute atomic E-state index is 0. The van der Waals surface area contributed by atoms with Gasteiger partial charge in [-0.1, -0.05) is 42.5 Å². The molecule has 1 heterocycles. The van der Waals surface area contributed by atoms with Gasteiger partial charge in [0.1, 0.15) is 5.75 Å². The van der Waals surface area contributed by atoms with E-state index in [4.69, 9.17) is 4.74 Å². The predicted octanol–water partition coefficient (Wildman–Crippen LogP) is 4.34. The van der Waals surface area contributed by atoms with Crippen molar-refractivity contribution in [1.29, 1.82) is 0 Å². The van der Waals surface area contributed by atoms with E-state index in [2.05, 4.69) is 48.3 Å². The van der Waals surface area contributed by atoms with E-state index in [9.17, 15) is 0 Å². The number of para-hydroxylation sites is 1. The summed E-state index contributed by atoms with van der Waals surface area (Å²) in [6, 6.07) is 18.7. The van der Waals surface area contributed by atoms with Crippen molar-refractivity contribution < 1.29 is 6.16 Å². The second-order valence-corrected chi connectivity index (χ2v) is 4.71. The van der Waals surface area contributed by atoms with Crippen LogP contribution in [-0.2, 0) is 6.42 Å². The van der Waals surface area contributed by atoms with Gasteiger partial charge in [-0.3, -0.25) is 0 Å². The zero-order chi connectivity index (χ0) is 13.1. The first kappa shape index (κ1) is 11.8. The molecule has 1 N–H and O–H groups in total. The number of fused-ring (bicyclic) bond motifs is 1. The summed E-state index contributed by atoms with van der Waals surface area (Å²) in [6.45, 7) is 2.75. The van der Waals surface area contributed by atoms with Gasteiger partial charge in [-0.25, -0.2) is 0 Å². The maximum absolute atomic E-state index is 5.96. The lowest BCUT2D eigenvalue weighted by Gasteiger charge is -2.06. The highest BCUT2D eigenvalue weighted by Gasteiger charge is 2.08. The maximum atomic E-state index is 5.96. The van der Waals surface area contributed by atoms with Crippen LogP contribution in [0.5, 0.6) is 5.75 Å². The van der Waals surface area contributed by atoms with Crippen LogP contribution in [0.2, 0.25) is 0 Å². The quantitative estimate of drug-likeness (QED) is 0.735. The average Bonchev–Trinajstić information content (AvgIpc) is 2.76. The van der Waals surface area contributed by atoms with E-state index in [1.807, 2.05) is 18.2 Å². The van der Waals surface area contributed by atoms with E-state index in [-0.39, 0.29) is 1.43 Å². The summed E-state index contributed by atoms with van der Waals surface area (Å²) in [5, 5.41) is 1.16. The van der Waals surface area contributed by atoms with Crippen molar-refractivity contribution in [3.05, 3.63) is 65.9 Å². The maximum Gasteiger partial charge on any atom is 0.147 e. The molecule has 0 aliphatic rings. The molecule has 1 aromatic heterocycles. The smallest absolute Gasteiger partial charge is 0.147 e. The van der Waals surface area contributed by atoms with Crippen LogP contribution in [-0.4, -0.2) is 11.6 Å². The lowest BCUT2D eigenvalue weighted by atomic mass is 10.2. The average molecular weight is 253 g/mol. The summed E-state index contributed by atoms with van der Waals surface area (Å²) in [4.78, 5) is 3.35. The molecule has 2 heteroatoms. The Morgan fingerprint density at radius 3 is 2.58 bits per heavy atom. The number of nitrogens with one attached hydrogen (secondary N) is 1. The van der Waals surface area contributed by atoms with E-state index in [0.717, 1.165) is 28.8 Å².